The summed E-state index contributed by atoms with van der Waals surface area (Å²) in [5, 5.41) is 0.917. The van der Waals surface area contributed by atoms with Crippen molar-refractivity contribution in [2.45, 2.75) is 33.8 Å². The van der Waals surface area contributed by atoms with Gasteiger partial charge in [0.05, 0.1) is 21.7 Å². The van der Waals surface area contributed by atoms with Gasteiger partial charge in [-0.15, -0.1) is 11.3 Å². The molecule has 0 aliphatic rings. The third kappa shape index (κ3) is 3.20. The number of aryl methyl sites for hydroxylation is 2. The van der Waals surface area contributed by atoms with Crippen LogP contribution in [0.2, 0.25) is 0 Å². The molecule has 4 heteroatoms. The number of rotatable bonds is 4. The molecule has 0 radical (unpaired) electrons. The first kappa shape index (κ1) is 13.7. The van der Waals surface area contributed by atoms with Gasteiger partial charge in [0.2, 0.25) is 5.78 Å². The molecule has 2 rings (SSSR count). The minimum atomic E-state index is 0.0270. The maximum absolute atomic E-state index is 12.3. The third-order valence-corrected chi connectivity index (χ3v) is 3.67. The average molecular weight is 275 g/mol. The number of nitrogens with zero attached hydrogens (tertiary/aromatic N) is 1. The van der Waals surface area contributed by atoms with Crippen LogP contribution in [0.3, 0.4) is 0 Å². The van der Waals surface area contributed by atoms with Crippen LogP contribution in [0.5, 0.6) is 5.75 Å². The largest absolute Gasteiger partial charge is 0.491 e. The number of ketones is 1. The second-order valence-corrected chi connectivity index (χ2v) is 5.87. The zero-order valence-electron chi connectivity index (χ0n) is 11.6. The lowest BCUT2D eigenvalue weighted by atomic mass is 10.1. The van der Waals surface area contributed by atoms with E-state index in [-0.39, 0.29) is 11.9 Å². The Morgan fingerprint density at radius 3 is 2.32 bits per heavy atom. The topological polar surface area (TPSA) is 39.2 Å². The molecule has 0 spiro atoms. The summed E-state index contributed by atoms with van der Waals surface area (Å²) in [6.45, 7) is 7.73. The molecule has 0 N–H and O–H groups in total. The van der Waals surface area contributed by atoms with E-state index in [9.17, 15) is 4.79 Å². The summed E-state index contributed by atoms with van der Waals surface area (Å²) in [5.41, 5.74) is 1.47. The first-order valence-corrected chi connectivity index (χ1v) is 7.04. The first-order valence-electron chi connectivity index (χ1n) is 6.23. The van der Waals surface area contributed by atoms with E-state index in [1.54, 1.807) is 12.1 Å². The quantitative estimate of drug-likeness (QED) is 0.797. The summed E-state index contributed by atoms with van der Waals surface area (Å²) in [4.78, 5) is 17.3. The number of hydrogen-bond donors (Lipinski definition) is 0. The molecule has 100 valence electrons. The summed E-state index contributed by atoms with van der Waals surface area (Å²) < 4.78 is 5.56. The van der Waals surface area contributed by atoms with Crippen LogP contribution >= 0.6 is 11.3 Å². The lowest BCUT2D eigenvalue weighted by Crippen LogP contribution is -2.06. The van der Waals surface area contributed by atoms with Crippen molar-refractivity contribution in [3.63, 3.8) is 0 Å². The van der Waals surface area contributed by atoms with Gasteiger partial charge in [-0.3, -0.25) is 4.79 Å². The number of aromatic nitrogens is 1. The zero-order chi connectivity index (χ0) is 14.0. The maximum atomic E-state index is 12.3. The van der Waals surface area contributed by atoms with Crippen molar-refractivity contribution in [3.05, 3.63) is 45.4 Å². The molecular formula is C15H17NO2S. The summed E-state index contributed by atoms with van der Waals surface area (Å²) in [6.07, 6.45) is 0.132. The number of hydrogen-bond acceptors (Lipinski definition) is 4. The maximum Gasteiger partial charge on any atom is 0.204 e. The minimum absolute atomic E-state index is 0.0270. The van der Waals surface area contributed by atoms with Crippen LogP contribution in [-0.2, 0) is 0 Å². The van der Waals surface area contributed by atoms with Crippen LogP contribution in [0, 0.1) is 13.8 Å². The molecule has 1 aromatic heterocycles. The molecule has 0 saturated carbocycles. The Bertz CT molecular complexity index is 585. The Morgan fingerprint density at radius 2 is 1.84 bits per heavy atom. The third-order valence-electron chi connectivity index (χ3n) is 2.60. The Balaban J connectivity index is 2.22. The highest BCUT2D eigenvalue weighted by molar-refractivity contribution is 7.14. The fourth-order valence-corrected chi connectivity index (χ4v) is 2.71. The molecule has 1 heterocycles. The Kier molecular flexibility index (Phi) is 4.00. The first-order chi connectivity index (χ1) is 8.97. The number of carbonyl (C=O) groups excluding carboxylic acids is 1. The summed E-state index contributed by atoms with van der Waals surface area (Å²) in [6, 6.07) is 7.26. The molecule has 2 aromatic rings. The Morgan fingerprint density at radius 1 is 1.21 bits per heavy atom. The van der Waals surface area contributed by atoms with Gasteiger partial charge < -0.3 is 4.74 Å². The van der Waals surface area contributed by atoms with Gasteiger partial charge in [0.1, 0.15) is 5.75 Å². The lowest BCUT2D eigenvalue weighted by Gasteiger charge is -2.09. The van der Waals surface area contributed by atoms with Crippen LogP contribution in [-0.4, -0.2) is 16.9 Å². The van der Waals surface area contributed by atoms with Gasteiger partial charge in [0, 0.05) is 5.56 Å². The van der Waals surface area contributed by atoms with Crippen molar-refractivity contribution < 1.29 is 9.53 Å². The average Bonchev–Trinajstić information content (AvgIpc) is 2.68. The van der Waals surface area contributed by atoms with Gasteiger partial charge in [0.15, 0.2) is 0 Å². The van der Waals surface area contributed by atoms with E-state index in [1.807, 2.05) is 39.8 Å². The summed E-state index contributed by atoms with van der Waals surface area (Å²) in [5.74, 6) is 0.808. The molecule has 0 amide bonds. The van der Waals surface area contributed by atoms with Gasteiger partial charge in [0.25, 0.3) is 0 Å². The van der Waals surface area contributed by atoms with Crippen LogP contribution < -0.4 is 4.74 Å². The molecule has 19 heavy (non-hydrogen) atoms. The molecule has 0 unspecified atom stereocenters. The van der Waals surface area contributed by atoms with E-state index in [2.05, 4.69) is 4.98 Å². The van der Waals surface area contributed by atoms with E-state index in [4.69, 9.17) is 4.74 Å². The molecule has 0 saturated heterocycles. The molecule has 1 aromatic carbocycles. The standard InChI is InChI=1S/C15H17NO2S/c1-9(2)18-13-7-5-12(6-8-13)14(17)15-10(3)16-11(4)19-15/h5-9H,1-4H3. The monoisotopic (exact) mass is 275 g/mol. The smallest absolute Gasteiger partial charge is 0.204 e. The van der Waals surface area contributed by atoms with Crippen molar-refractivity contribution >= 4 is 17.1 Å². The van der Waals surface area contributed by atoms with Crippen LogP contribution in [0.1, 0.15) is 39.8 Å². The fraction of sp³-hybridized carbons (Fsp3) is 0.333. The second-order valence-electron chi connectivity index (χ2n) is 4.67. The molecule has 0 fully saturated rings. The minimum Gasteiger partial charge on any atom is -0.491 e. The van der Waals surface area contributed by atoms with Gasteiger partial charge >= 0.3 is 0 Å². The molecule has 0 aliphatic heterocycles. The number of carbonyl (C=O) groups is 1. The lowest BCUT2D eigenvalue weighted by molar-refractivity contribution is 0.104. The highest BCUT2D eigenvalue weighted by Gasteiger charge is 2.15. The molecule has 3 nitrogen and oxygen atoms in total. The van der Waals surface area contributed by atoms with Gasteiger partial charge in [-0.1, -0.05) is 0 Å². The second kappa shape index (κ2) is 5.53. The van der Waals surface area contributed by atoms with Gasteiger partial charge in [-0.05, 0) is 52.0 Å². The van der Waals surface area contributed by atoms with E-state index >= 15 is 0 Å². The highest BCUT2D eigenvalue weighted by Crippen LogP contribution is 2.22. The van der Waals surface area contributed by atoms with Crippen molar-refractivity contribution in [3.8, 4) is 5.75 Å². The molecule has 0 bridgehead atoms. The van der Waals surface area contributed by atoms with E-state index in [0.29, 0.717) is 5.56 Å². The van der Waals surface area contributed by atoms with Crippen molar-refractivity contribution in [2.75, 3.05) is 0 Å². The highest BCUT2D eigenvalue weighted by atomic mass is 32.1. The Labute approximate surface area is 117 Å². The van der Waals surface area contributed by atoms with Crippen LogP contribution in [0.15, 0.2) is 24.3 Å². The van der Waals surface area contributed by atoms with Gasteiger partial charge in [-0.2, -0.15) is 0 Å². The normalized spacial score (nSPS) is 10.8. The zero-order valence-corrected chi connectivity index (χ0v) is 12.4. The van der Waals surface area contributed by atoms with E-state index in [1.165, 1.54) is 11.3 Å². The van der Waals surface area contributed by atoms with Crippen molar-refractivity contribution in [2.24, 2.45) is 0 Å². The summed E-state index contributed by atoms with van der Waals surface area (Å²) >= 11 is 1.44. The molecule has 0 atom stereocenters. The van der Waals surface area contributed by atoms with E-state index in [0.717, 1.165) is 21.3 Å². The van der Waals surface area contributed by atoms with E-state index < -0.39 is 0 Å². The van der Waals surface area contributed by atoms with Crippen molar-refractivity contribution in [1.29, 1.82) is 0 Å². The number of benzene rings is 1. The SMILES string of the molecule is Cc1nc(C)c(C(=O)c2ccc(OC(C)C)cc2)s1. The van der Waals surface area contributed by atoms with Crippen LogP contribution in [0.25, 0.3) is 0 Å². The Hall–Kier alpha value is -1.68. The summed E-state index contributed by atoms with van der Waals surface area (Å²) in [7, 11) is 0. The predicted octanol–water partition coefficient (Wildman–Crippen LogP) is 3.78. The van der Waals surface area contributed by atoms with Gasteiger partial charge in [-0.25, -0.2) is 4.98 Å². The molecular weight excluding hydrogens is 258 g/mol. The number of ether oxygens (including phenoxy) is 1. The van der Waals surface area contributed by atoms with Crippen molar-refractivity contribution in [1.82, 2.24) is 4.98 Å². The number of thiazole rings is 1. The molecule has 0 aliphatic carbocycles. The fourth-order valence-electron chi connectivity index (χ4n) is 1.83. The van der Waals surface area contributed by atoms with Crippen LogP contribution in [0.4, 0.5) is 0 Å². The predicted molar refractivity (Wildman–Crippen MR) is 77.2 cm³/mol.